The summed E-state index contributed by atoms with van der Waals surface area (Å²) >= 11 is 2.41. The van der Waals surface area contributed by atoms with Gasteiger partial charge in [-0.25, -0.2) is 0 Å². The molecule has 0 aromatic heterocycles. The largest absolute Gasteiger partial charge is 0.384 e. The SMILES string of the molecule is Ic1ccccc1NCC1CCCCCCC1. The van der Waals surface area contributed by atoms with E-state index < -0.39 is 0 Å². The zero-order valence-corrected chi connectivity index (χ0v) is 12.6. The van der Waals surface area contributed by atoms with Crippen molar-refractivity contribution in [2.24, 2.45) is 5.92 Å². The number of benzene rings is 1. The molecule has 1 saturated carbocycles. The molecule has 0 spiro atoms. The van der Waals surface area contributed by atoms with Crippen LogP contribution in [0.5, 0.6) is 0 Å². The highest BCUT2D eigenvalue weighted by Crippen LogP contribution is 2.24. The molecule has 1 fully saturated rings. The third-order valence-electron chi connectivity index (χ3n) is 3.68. The Morgan fingerprint density at radius 3 is 2.35 bits per heavy atom. The van der Waals surface area contributed by atoms with Gasteiger partial charge >= 0.3 is 0 Å². The van der Waals surface area contributed by atoms with Gasteiger partial charge in [-0.1, -0.05) is 44.2 Å². The average Bonchev–Trinajstić information content (AvgIpc) is 2.29. The van der Waals surface area contributed by atoms with Gasteiger partial charge in [-0.3, -0.25) is 0 Å². The second kappa shape index (κ2) is 7.24. The first-order valence-electron chi connectivity index (χ1n) is 6.84. The summed E-state index contributed by atoms with van der Waals surface area (Å²) in [6, 6.07) is 8.57. The molecule has 0 amide bonds. The predicted molar refractivity (Wildman–Crippen MR) is 83.5 cm³/mol. The van der Waals surface area contributed by atoms with Crippen LogP contribution in [-0.2, 0) is 0 Å². The van der Waals surface area contributed by atoms with Crippen LogP contribution in [0.2, 0.25) is 0 Å². The van der Waals surface area contributed by atoms with Crippen molar-refractivity contribution < 1.29 is 0 Å². The Bertz CT molecular complexity index is 329. The highest BCUT2D eigenvalue weighted by molar-refractivity contribution is 14.1. The minimum Gasteiger partial charge on any atom is -0.384 e. The molecular formula is C15H22IN. The number of hydrogen-bond donors (Lipinski definition) is 1. The topological polar surface area (TPSA) is 12.0 Å². The Hall–Kier alpha value is -0.250. The van der Waals surface area contributed by atoms with Crippen LogP contribution in [-0.4, -0.2) is 6.54 Å². The van der Waals surface area contributed by atoms with Crippen LogP contribution < -0.4 is 5.32 Å². The number of rotatable bonds is 3. The first-order valence-corrected chi connectivity index (χ1v) is 7.92. The van der Waals surface area contributed by atoms with E-state index in [0.717, 1.165) is 12.5 Å². The zero-order chi connectivity index (χ0) is 11.9. The first-order chi connectivity index (χ1) is 8.36. The van der Waals surface area contributed by atoms with E-state index in [1.54, 1.807) is 0 Å². The number of hydrogen-bond acceptors (Lipinski definition) is 1. The molecule has 1 aliphatic rings. The van der Waals surface area contributed by atoms with Gasteiger partial charge in [-0.2, -0.15) is 0 Å². The van der Waals surface area contributed by atoms with E-state index in [2.05, 4.69) is 52.2 Å². The summed E-state index contributed by atoms with van der Waals surface area (Å²) in [4.78, 5) is 0. The van der Waals surface area contributed by atoms with Gasteiger partial charge in [0.1, 0.15) is 0 Å². The molecule has 0 unspecified atom stereocenters. The van der Waals surface area contributed by atoms with Crippen molar-refractivity contribution >= 4 is 28.3 Å². The Morgan fingerprint density at radius 2 is 1.65 bits per heavy atom. The summed E-state index contributed by atoms with van der Waals surface area (Å²) in [6.45, 7) is 1.15. The molecule has 1 aliphatic carbocycles. The van der Waals surface area contributed by atoms with Gasteiger partial charge in [0.25, 0.3) is 0 Å². The fraction of sp³-hybridized carbons (Fsp3) is 0.600. The number of halogens is 1. The van der Waals surface area contributed by atoms with Crippen molar-refractivity contribution in [2.75, 3.05) is 11.9 Å². The van der Waals surface area contributed by atoms with E-state index in [1.807, 2.05) is 0 Å². The highest BCUT2D eigenvalue weighted by atomic mass is 127. The number of nitrogens with one attached hydrogen (secondary N) is 1. The Balaban J connectivity index is 1.82. The maximum atomic E-state index is 3.62. The van der Waals surface area contributed by atoms with Crippen molar-refractivity contribution in [1.29, 1.82) is 0 Å². The molecular weight excluding hydrogens is 321 g/mol. The molecule has 1 aromatic rings. The van der Waals surface area contributed by atoms with E-state index in [1.165, 1.54) is 54.2 Å². The van der Waals surface area contributed by atoms with Crippen LogP contribution in [0.4, 0.5) is 5.69 Å². The van der Waals surface area contributed by atoms with Crippen LogP contribution in [0.15, 0.2) is 24.3 Å². The van der Waals surface area contributed by atoms with Gasteiger partial charge in [0.15, 0.2) is 0 Å². The van der Waals surface area contributed by atoms with Crippen LogP contribution in [0.25, 0.3) is 0 Å². The summed E-state index contributed by atoms with van der Waals surface area (Å²) in [6.07, 6.45) is 10.0. The van der Waals surface area contributed by atoms with Crippen LogP contribution in [0.1, 0.15) is 44.9 Å². The third-order valence-corrected chi connectivity index (χ3v) is 4.62. The van der Waals surface area contributed by atoms with E-state index in [-0.39, 0.29) is 0 Å². The van der Waals surface area contributed by atoms with Gasteiger partial charge in [0, 0.05) is 15.8 Å². The van der Waals surface area contributed by atoms with Gasteiger partial charge < -0.3 is 5.32 Å². The standard InChI is InChI=1S/C15H22IN/c16-14-10-6-7-11-15(14)17-12-13-8-4-2-1-3-5-9-13/h6-7,10-11,13,17H,1-5,8-9,12H2. The molecule has 2 heteroatoms. The zero-order valence-electron chi connectivity index (χ0n) is 10.4. The van der Waals surface area contributed by atoms with Crippen LogP contribution in [0, 0.1) is 9.49 Å². The number of anilines is 1. The fourth-order valence-corrected chi connectivity index (χ4v) is 3.18. The van der Waals surface area contributed by atoms with E-state index >= 15 is 0 Å². The number of para-hydroxylation sites is 1. The minimum absolute atomic E-state index is 0.881. The molecule has 1 nitrogen and oxygen atoms in total. The monoisotopic (exact) mass is 343 g/mol. The molecule has 0 radical (unpaired) electrons. The summed E-state index contributed by atoms with van der Waals surface area (Å²) in [5, 5.41) is 3.62. The molecule has 94 valence electrons. The molecule has 17 heavy (non-hydrogen) atoms. The summed E-state index contributed by atoms with van der Waals surface area (Å²) in [5.41, 5.74) is 1.30. The Morgan fingerprint density at radius 1 is 1.00 bits per heavy atom. The maximum absolute atomic E-state index is 3.62. The minimum atomic E-state index is 0.881. The van der Waals surface area contributed by atoms with Crippen molar-refractivity contribution in [3.8, 4) is 0 Å². The van der Waals surface area contributed by atoms with Crippen molar-refractivity contribution in [1.82, 2.24) is 0 Å². The van der Waals surface area contributed by atoms with Crippen LogP contribution >= 0.6 is 22.6 Å². The van der Waals surface area contributed by atoms with Gasteiger partial charge in [-0.05, 0) is 53.5 Å². The normalized spacial score (nSPS) is 18.4. The fourth-order valence-electron chi connectivity index (χ4n) is 2.60. The summed E-state index contributed by atoms with van der Waals surface area (Å²) in [7, 11) is 0. The van der Waals surface area contributed by atoms with Crippen molar-refractivity contribution in [2.45, 2.75) is 44.9 Å². The lowest BCUT2D eigenvalue weighted by molar-refractivity contribution is 0.392. The lowest BCUT2D eigenvalue weighted by Crippen LogP contribution is -2.16. The van der Waals surface area contributed by atoms with Gasteiger partial charge in [0.2, 0.25) is 0 Å². The molecule has 0 bridgehead atoms. The molecule has 0 atom stereocenters. The Labute approximate surface area is 119 Å². The first kappa shape index (κ1) is 13.2. The lowest BCUT2D eigenvalue weighted by atomic mass is 9.91. The Kier molecular flexibility index (Phi) is 5.62. The molecule has 1 N–H and O–H groups in total. The quantitative estimate of drug-likeness (QED) is 0.756. The molecule has 2 rings (SSSR count). The van der Waals surface area contributed by atoms with Gasteiger partial charge in [0.05, 0.1) is 0 Å². The lowest BCUT2D eigenvalue weighted by Gasteiger charge is -2.21. The molecule has 0 heterocycles. The van der Waals surface area contributed by atoms with Crippen molar-refractivity contribution in [3.05, 3.63) is 27.8 Å². The van der Waals surface area contributed by atoms with E-state index in [4.69, 9.17) is 0 Å². The van der Waals surface area contributed by atoms with Crippen LogP contribution in [0.3, 0.4) is 0 Å². The smallest absolute Gasteiger partial charge is 0.0475 e. The second-order valence-electron chi connectivity index (χ2n) is 5.07. The average molecular weight is 343 g/mol. The second-order valence-corrected chi connectivity index (χ2v) is 6.23. The van der Waals surface area contributed by atoms with Crippen molar-refractivity contribution in [3.63, 3.8) is 0 Å². The molecule has 0 aliphatic heterocycles. The summed E-state index contributed by atoms with van der Waals surface area (Å²) in [5.74, 6) is 0.881. The molecule has 1 aromatic carbocycles. The highest BCUT2D eigenvalue weighted by Gasteiger charge is 2.11. The third kappa shape index (κ3) is 4.49. The summed E-state index contributed by atoms with van der Waals surface area (Å²) < 4.78 is 1.33. The van der Waals surface area contributed by atoms with E-state index in [0.29, 0.717) is 0 Å². The van der Waals surface area contributed by atoms with Gasteiger partial charge in [-0.15, -0.1) is 0 Å². The predicted octanol–water partition coefficient (Wildman–Crippen LogP) is 5.06. The van der Waals surface area contributed by atoms with E-state index in [9.17, 15) is 0 Å². The maximum Gasteiger partial charge on any atom is 0.0475 e. The molecule has 0 saturated heterocycles.